The van der Waals surface area contributed by atoms with Gasteiger partial charge in [-0.2, -0.15) is 0 Å². The number of nitrogens with two attached hydrogens (primary N) is 2. The number of rotatable bonds is 14. The van der Waals surface area contributed by atoms with Gasteiger partial charge in [0.25, 0.3) is 0 Å². The van der Waals surface area contributed by atoms with Crippen molar-refractivity contribution in [2.45, 2.75) is 95.6 Å². The van der Waals surface area contributed by atoms with Crippen molar-refractivity contribution in [1.29, 1.82) is 0 Å². The number of Topliss-reactive ketones (excluding diaryl/α,β-unsaturated/α-hetero) is 1. The number of unbranched alkanes of at least 4 members (excludes halogenated alkanes) is 1. The summed E-state index contributed by atoms with van der Waals surface area (Å²) in [5, 5.41) is 31.0. The van der Waals surface area contributed by atoms with Crippen LogP contribution in [0.4, 0.5) is 9.18 Å². The van der Waals surface area contributed by atoms with Crippen molar-refractivity contribution in [2.75, 3.05) is 26.2 Å². The first-order valence-corrected chi connectivity index (χ1v) is 17.0. The zero-order valence-electron chi connectivity index (χ0n) is 28.4. The molecule has 0 saturated heterocycles. The number of fused-ring (bicyclic) bond motifs is 5. The number of amides is 4. The van der Waals surface area contributed by atoms with E-state index in [9.17, 15) is 39.0 Å². The van der Waals surface area contributed by atoms with E-state index >= 15 is 4.39 Å². The van der Waals surface area contributed by atoms with Crippen molar-refractivity contribution in [1.82, 2.24) is 16.0 Å². The fraction of sp³-hybridized carbons (Fsp3) is 0.706. The Morgan fingerprint density at radius 3 is 2.49 bits per heavy atom. The number of ether oxygens (including phenoxy) is 1. The zero-order chi connectivity index (χ0) is 36.4. The molecule has 0 spiro atoms. The van der Waals surface area contributed by atoms with Crippen LogP contribution in [0, 0.1) is 28.6 Å². The molecule has 0 aromatic rings. The monoisotopic (exact) mass is 691 g/mol. The smallest absolute Gasteiger partial charge is 0.407 e. The fourth-order valence-electron chi connectivity index (χ4n) is 9.04. The number of carbonyl (C=O) groups is 6. The van der Waals surface area contributed by atoms with Crippen LogP contribution in [0.1, 0.15) is 72.1 Å². The van der Waals surface area contributed by atoms with Crippen molar-refractivity contribution in [2.24, 2.45) is 40.1 Å². The largest absolute Gasteiger partial charge is 0.441 e. The van der Waals surface area contributed by atoms with E-state index in [0.29, 0.717) is 37.7 Å². The van der Waals surface area contributed by atoms with E-state index in [2.05, 4.69) is 16.0 Å². The topological polar surface area (TPSA) is 240 Å². The quantitative estimate of drug-likeness (QED) is 0.122. The molecule has 0 aliphatic heterocycles. The van der Waals surface area contributed by atoms with Gasteiger partial charge >= 0.3 is 6.09 Å². The number of primary amides is 1. The van der Waals surface area contributed by atoms with Gasteiger partial charge in [0.2, 0.25) is 23.5 Å². The van der Waals surface area contributed by atoms with E-state index in [1.165, 1.54) is 12.2 Å². The van der Waals surface area contributed by atoms with E-state index in [1.807, 2.05) is 0 Å². The lowest BCUT2D eigenvalue weighted by Crippen LogP contribution is -2.69. The Balaban J connectivity index is 1.25. The van der Waals surface area contributed by atoms with Crippen LogP contribution in [-0.2, 0) is 28.7 Å². The molecule has 0 aromatic heterocycles. The average Bonchev–Trinajstić information content (AvgIpc) is 3.24. The highest BCUT2D eigenvalue weighted by molar-refractivity contribution is 6.01. The molecule has 3 saturated carbocycles. The summed E-state index contributed by atoms with van der Waals surface area (Å²) >= 11 is 0. The van der Waals surface area contributed by atoms with Crippen molar-refractivity contribution >= 4 is 35.4 Å². The van der Waals surface area contributed by atoms with Crippen LogP contribution < -0.4 is 27.4 Å². The predicted octanol–water partition coefficient (Wildman–Crippen LogP) is 0.235. The summed E-state index contributed by atoms with van der Waals surface area (Å²) in [6.45, 7) is 4.28. The molecule has 9 N–H and O–H groups in total. The van der Waals surface area contributed by atoms with Gasteiger partial charge in [-0.15, -0.1) is 0 Å². The minimum Gasteiger partial charge on any atom is -0.441 e. The summed E-state index contributed by atoms with van der Waals surface area (Å²) in [6, 6.07) is -0.853. The minimum atomic E-state index is -2.10. The number of halogens is 1. The molecular weight excluding hydrogens is 641 g/mol. The molecular formula is C34H50FN5O9. The lowest BCUT2D eigenvalue weighted by Gasteiger charge is -2.62. The molecule has 0 bridgehead atoms. The number of allylic oxidation sites excluding steroid dienone is 4. The van der Waals surface area contributed by atoms with E-state index in [4.69, 9.17) is 16.2 Å². The lowest BCUT2D eigenvalue weighted by molar-refractivity contribution is -0.219. The molecule has 0 radical (unpaired) electrons. The van der Waals surface area contributed by atoms with Crippen LogP contribution in [-0.4, -0.2) is 95.3 Å². The second-order valence-electron chi connectivity index (χ2n) is 14.4. The van der Waals surface area contributed by atoms with Gasteiger partial charge < -0.3 is 42.4 Å². The highest BCUT2D eigenvalue weighted by Crippen LogP contribution is 2.70. The first-order valence-electron chi connectivity index (χ1n) is 17.0. The minimum absolute atomic E-state index is 0.0797. The van der Waals surface area contributed by atoms with E-state index in [-0.39, 0.29) is 50.6 Å². The molecule has 15 heteroatoms. The Hall–Kier alpha value is -3.69. The number of hydrogen-bond acceptors (Lipinski definition) is 10. The molecule has 4 aliphatic carbocycles. The summed E-state index contributed by atoms with van der Waals surface area (Å²) in [5.41, 5.74) is 4.64. The Kier molecular flexibility index (Phi) is 11.4. The Morgan fingerprint density at radius 2 is 1.82 bits per heavy atom. The zero-order valence-corrected chi connectivity index (χ0v) is 28.4. The van der Waals surface area contributed by atoms with E-state index in [0.717, 1.165) is 0 Å². The van der Waals surface area contributed by atoms with Crippen LogP contribution in [0.3, 0.4) is 0 Å². The summed E-state index contributed by atoms with van der Waals surface area (Å²) in [6.07, 6.45) is 3.99. The van der Waals surface area contributed by atoms with Gasteiger partial charge in [-0.3, -0.25) is 24.0 Å². The highest BCUT2D eigenvalue weighted by Gasteiger charge is 2.75. The molecule has 4 amide bonds. The van der Waals surface area contributed by atoms with Gasteiger partial charge in [-0.05, 0) is 75.9 Å². The second-order valence-corrected chi connectivity index (χ2v) is 14.4. The molecule has 0 heterocycles. The molecule has 49 heavy (non-hydrogen) atoms. The maximum absolute atomic E-state index is 17.3. The highest BCUT2D eigenvalue weighted by atomic mass is 19.1. The maximum atomic E-state index is 17.3. The number of aliphatic hydroxyl groups is 2. The number of carbonyl (C=O) groups excluding carboxylic acids is 6. The predicted molar refractivity (Wildman–Crippen MR) is 174 cm³/mol. The average molecular weight is 692 g/mol. The lowest BCUT2D eigenvalue weighted by atomic mass is 9.44. The number of hydrogen-bond donors (Lipinski definition) is 7. The van der Waals surface area contributed by atoms with Gasteiger partial charge in [0.15, 0.2) is 18.1 Å². The molecule has 4 aliphatic rings. The van der Waals surface area contributed by atoms with Crippen LogP contribution in [0.5, 0.6) is 0 Å². The summed E-state index contributed by atoms with van der Waals surface area (Å²) < 4.78 is 22.5. The number of nitrogens with one attached hydrogen (secondary N) is 3. The first-order chi connectivity index (χ1) is 22.9. The van der Waals surface area contributed by atoms with Gasteiger partial charge in [0, 0.05) is 36.3 Å². The molecule has 0 unspecified atom stereocenters. The van der Waals surface area contributed by atoms with E-state index < -0.39 is 82.3 Å². The maximum Gasteiger partial charge on any atom is 0.407 e. The SMILES string of the molecule is C[C@@H]1C[C@H]2[C@@H]3CCC4=CC(=O)C=C[C@]4(C)[C@@]3(F)[C@@H](O)C[C@]2(C)[C@@]1(O)C(=O)COC(=O)NCCC(=O)NCCCC[C@H](NC(=O)CN)C(N)=O. The molecule has 14 nitrogen and oxygen atoms in total. The number of alkyl halides is 1. The Morgan fingerprint density at radius 1 is 1.10 bits per heavy atom. The van der Waals surface area contributed by atoms with Crippen LogP contribution in [0.15, 0.2) is 23.8 Å². The second kappa shape index (κ2) is 14.7. The van der Waals surface area contributed by atoms with Gasteiger partial charge in [-0.1, -0.05) is 25.5 Å². The van der Waals surface area contributed by atoms with Crippen molar-refractivity contribution in [3.63, 3.8) is 0 Å². The number of alkyl carbamates (subject to hydrolysis) is 1. The molecule has 0 aromatic carbocycles. The third kappa shape index (κ3) is 6.89. The van der Waals surface area contributed by atoms with Crippen molar-refractivity contribution in [3.8, 4) is 0 Å². The van der Waals surface area contributed by atoms with Gasteiger partial charge in [0.05, 0.1) is 12.6 Å². The van der Waals surface area contributed by atoms with Crippen molar-refractivity contribution in [3.05, 3.63) is 23.8 Å². The van der Waals surface area contributed by atoms with Crippen LogP contribution in [0.2, 0.25) is 0 Å². The van der Waals surface area contributed by atoms with Crippen LogP contribution in [0.25, 0.3) is 0 Å². The third-order valence-electron chi connectivity index (χ3n) is 11.7. The van der Waals surface area contributed by atoms with Gasteiger partial charge in [0.1, 0.15) is 11.6 Å². The Labute approximate surface area is 285 Å². The Bertz CT molecular complexity index is 1420. The standard InChI is InChI=1S/C34H50FN5O9/c1-19-14-23-22-8-7-20-15-21(41)9-11-31(20,2)33(22,35)25(42)16-32(23,3)34(19,48)26(43)18-49-30(47)39-13-10-27(44)38-12-5-4-6-24(29(37)46)40-28(45)17-36/h9,11,15,19,22-25,42,48H,4-8,10,12-14,16-18,36H2,1-3H3,(H2,37,46)(H,38,44)(H,39,47)(H,40,45)/t19-,22+,23+,24+,25+,31+,32+,33+,34+/m1/s1. The molecule has 272 valence electrons. The first kappa shape index (κ1) is 38.1. The number of aliphatic hydroxyl groups excluding tert-OH is 1. The van der Waals surface area contributed by atoms with Gasteiger partial charge in [-0.25, -0.2) is 9.18 Å². The number of ketones is 2. The third-order valence-corrected chi connectivity index (χ3v) is 11.7. The van der Waals surface area contributed by atoms with E-state index in [1.54, 1.807) is 26.8 Å². The molecule has 4 rings (SSSR count). The summed E-state index contributed by atoms with van der Waals surface area (Å²) in [4.78, 5) is 73.1. The summed E-state index contributed by atoms with van der Waals surface area (Å²) in [7, 11) is 0. The van der Waals surface area contributed by atoms with Crippen molar-refractivity contribution < 1.29 is 48.1 Å². The molecule has 9 atom stereocenters. The normalized spacial score (nSPS) is 35.2. The fourth-order valence-corrected chi connectivity index (χ4v) is 9.04. The summed E-state index contributed by atoms with van der Waals surface area (Å²) in [5.74, 6) is -4.26. The molecule has 3 fully saturated rings. The van der Waals surface area contributed by atoms with Crippen LogP contribution >= 0.6 is 0 Å².